The van der Waals surface area contributed by atoms with Crippen molar-refractivity contribution in [2.75, 3.05) is 11.4 Å². The van der Waals surface area contributed by atoms with Gasteiger partial charge in [-0.15, -0.1) is 0 Å². The summed E-state index contributed by atoms with van der Waals surface area (Å²) in [4.78, 5) is 13.0. The van der Waals surface area contributed by atoms with E-state index in [2.05, 4.69) is 11.8 Å². The Bertz CT molecular complexity index is 1110. The minimum absolute atomic E-state index is 0.237. The Morgan fingerprint density at radius 3 is 2.43 bits per heavy atom. The van der Waals surface area contributed by atoms with Crippen LogP contribution in [0.4, 0.5) is 10.1 Å². The van der Waals surface area contributed by atoms with Gasteiger partial charge in [-0.25, -0.2) is 9.18 Å². The van der Waals surface area contributed by atoms with E-state index < -0.39 is 11.5 Å². The number of hydrogen-bond donors (Lipinski definition) is 2. The van der Waals surface area contributed by atoms with Crippen LogP contribution >= 0.6 is 0 Å². The maximum atomic E-state index is 13.5. The second-order valence-corrected chi connectivity index (χ2v) is 7.59. The van der Waals surface area contributed by atoms with Crippen molar-refractivity contribution in [1.82, 2.24) is 0 Å². The molecule has 5 heteroatoms. The van der Waals surface area contributed by atoms with Crippen LogP contribution in [0.25, 0.3) is 6.08 Å². The summed E-state index contributed by atoms with van der Waals surface area (Å²) in [5.74, 6) is -1.03. The number of nitrogens with zero attached hydrogens (tertiary/aromatic N) is 1. The van der Waals surface area contributed by atoms with Gasteiger partial charge in [0.25, 0.3) is 0 Å². The van der Waals surface area contributed by atoms with Crippen LogP contribution in [-0.4, -0.2) is 22.7 Å². The van der Waals surface area contributed by atoms with E-state index in [1.54, 1.807) is 30.3 Å². The van der Waals surface area contributed by atoms with E-state index in [4.69, 9.17) is 5.11 Å². The molecule has 152 valence electrons. The third-order valence-electron chi connectivity index (χ3n) is 5.79. The molecule has 3 aromatic rings. The van der Waals surface area contributed by atoms with E-state index in [0.717, 1.165) is 40.4 Å². The third-order valence-corrected chi connectivity index (χ3v) is 5.79. The molecular formula is C25H22FNO3. The zero-order valence-electron chi connectivity index (χ0n) is 16.5. The SMILES string of the molecule is CC1(c2ccc(/C=C/C(=O)O)cc2)c2ccc(O)cc2CCN1c1ccc(F)cc1. The van der Waals surface area contributed by atoms with Crippen LogP contribution in [-0.2, 0) is 16.8 Å². The number of aliphatic carboxylic acids is 1. The number of anilines is 1. The van der Waals surface area contributed by atoms with Gasteiger partial charge in [-0.05, 0) is 78.1 Å². The van der Waals surface area contributed by atoms with Gasteiger partial charge in [0.05, 0.1) is 5.54 Å². The summed E-state index contributed by atoms with van der Waals surface area (Å²) in [6.45, 7) is 2.83. The van der Waals surface area contributed by atoms with Gasteiger partial charge in [-0.1, -0.05) is 30.3 Å². The second kappa shape index (κ2) is 7.67. The maximum Gasteiger partial charge on any atom is 0.328 e. The molecule has 0 bridgehead atoms. The first-order chi connectivity index (χ1) is 14.4. The minimum Gasteiger partial charge on any atom is -0.508 e. The molecule has 0 aromatic heterocycles. The van der Waals surface area contributed by atoms with Crippen LogP contribution in [0, 0.1) is 5.82 Å². The number of carbonyl (C=O) groups is 1. The smallest absolute Gasteiger partial charge is 0.328 e. The van der Waals surface area contributed by atoms with Crippen LogP contribution in [0.1, 0.15) is 29.2 Å². The molecule has 2 N–H and O–H groups in total. The van der Waals surface area contributed by atoms with Gasteiger partial charge in [-0.2, -0.15) is 0 Å². The van der Waals surface area contributed by atoms with E-state index in [0.29, 0.717) is 6.54 Å². The number of benzene rings is 3. The molecule has 1 aliphatic heterocycles. The van der Waals surface area contributed by atoms with Crippen molar-refractivity contribution in [2.45, 2.75) is 18.9 Å². The Morgan fingerprint density at radius 2 is 1.77 bits per heavy atom. The highest BCUT2D eigenvalue weighted by atomic mass is 19.1. The lowest BCUT2D eigenvalue weighted by molar-refractivity contribution is -0.131. The van der Waals surface area contributed by atoms with Gasteiger partial charge in [0, 0.05) is 18.3 Å². The van der Waals surface area contributed by atoms with E-state index in [1.807, 2.05) is 30.3 Å². The molecule has 4 rings (SSSR count). The first kappa shape index (κ1) is 19.7. The Balaban J connectivity index is 1.84. The van der Waals surface area contributed by atoms with Crippen LogP contribution in [0.15, 0.2) is 72.8 Å². The summed E-state index contributed by atoms with van der Waals surface area (Å²) < 4.78 is 13.5. The van der Waals surface area contributed by atoms with E-state index in [1.165, 1.54) is 12.1 Å². The van der Waals surface area contributed by atoms with Crippen molar-refractivity contribution in [1.29, 1.82) is 0 Å². The molecule has 1 heterocycles. The maximum absolute atomic E-state index is 13.5. The summed E-state index contributed by atoms with van der Waals surface area (Å²) in [7, 11) is 0. The van der Waals surface area contributed by atoms with Crippen LogP contribution in [0.5, 0.6) is 5.75 Å². The summed E-state index contributed by atoms with van der Waals surface area (Å²) in [6.07, 6.45) is 3.43. The molecule has 30 heavy (non-hydrogen) atoms. The Hall–Kier alpha value is -3.60. The zero-order valence-corrected chi connectivity index (χ0v) is 16.5. The Labute approximate surface area is 174 Å². The monoisotopic (exact) mass is 403 g/mol. The highest BCUT2D eigenvalue weighted by Gasteiger charge is 2.40. The number of halogens is 1. The lowest BCUT2D eigenvalue weighted by Gasteiger charge is -2.48. The molecule has 0 radical (unpaired) electrons. The molecule has 1 unspecified atom stereocenters. The first-order valence-corrected chi connectivity index (χ1v) is 9.75. The molecule has 0 aliphatic carbocycles. The van der Waals surface area contributed by atoms with E-state index in [9.17, 15) is 14.3 Å². The average Bonchev–Trinajstić information content (AvgIpc) is 2.73. The molecule has 0 saturated carbocycles. The zero-order chi connectivity index (χ0) is 21.3. The Kier molecular flexibility index (Phi) is 5.04. The van der Waals surface area contributed by atoms with Gasteiger partial charge in [-0.3, -0.25) is 0 Å². The largest absolute Gasteiger partial charge is 0.508 e. The molecule has 1 atom stereocenters. The number of hydrogen-bond acceptors (Lipinski definition) is 3. The summed E-state index contributed by atoms with van der Waals surface area (Å²) in [6, 6.07) is 19.7. The fourth-order valence-electron chi connectivity index (χ4n) is 4.27. The first-order valence-electron chi connectivity index (χ1n) is 9.75. The van der Waals surface area contributed by atoms with Gasteiger partial charge >= 0.3 is 5.97 Å². The molecule has 0 saturated heterocycles. The molecule has 0 spiro atoms. The van der Waals surface area contributed by atoms with Crippen LogP contribution in [0.2, 0.25) is 0 Å². The highest BCUT2D eigenvalue weighted by molar-refractivity contribution is 5.85. The number of carboxylic acid groups (broad SMARTS) is 1. The number of fused-ring (bicyclic) bond motifs is 1. The predicted molar refractivity (Wildman–Crippen MR) is 115 cm³/mol. The number of phenols is 1. The lowest BCUT2D eigenvalue weighted by Crippen LogP contribution is -2.49. The van der Waals surface area contributed by atoms with Crippen molar-refractivity contribution in [3.8, 4) is 5.75 Å². The number of rotatable bonds is 4. The third kappa shape index (κ3) is 3.54. The van der Waals surface area contributed by atoms with Crippen molar-refractivity contribution in [3.63, 3.8) is 0 Å². The van der Waals surface area contributed by atoms with Gasteiger partial charge in [0.2, 0.25) is 0 Å². The topological polar surface area (TPSA) is 60.8 Å². The number of carboxylic acids is 1. The summed E-state index contributed by atoms with van der Waals surface area (Å²) >= 11 is 0. The second-order valence-electron chi connectivity index (χ2n) is 7.59. The Morgan fingerprint density at radius 1 is 1.07 bits per heavy atom. The van der Waals surface area contributed by atoms with Crippen molar-refractivity contribution in [2.24, 2.45) is 0 Å². The van der Waals surface area contributed by atoms with Crippen molar-refractivity contribution >= 4 is 17.7 Å². The van der Waals surface area contributed by atoms with E-state index in [-0.39, 0.29) is 11.6 Å². The van der Waals surface area contributed by atoms with Crippen molar-refractivity contribution < 1.29 is 19.4 Å². The highest BCUT2D eigenvalue weighted by Crippen LogP contribution is 2.44. The average molecular weight is 403 g/mol. The number of aromatic hydroxyl groups is 1. The molecule has 0 amide bonds. The lowest BCUT2D eigenvalue weighted by atomic mass is 9.76. The summed E-state index contributed by atoms with van der Waals surface area (Å²) in [5.41, 5.74) is 4.32. The van der Waals surface area contributed by atoms with E-state index >= 15 is 0 Å². The molecule has 0 fully saturated rings. The fraction of sp³-hybridized carbons (Fsp3) is 0.160. The standard InChI is InChI=1S/C25H22FNO3/c1-25(19-5-2-17(3-6-19)4-13-24(29)30)23-12-11-22(28)16-18(23)14-15-27(25)21-9-7-20(26)8-10-21/h2-13,16,28H,14-15H2,1H3,(H,29,30)/b13-4+. The van der Waals surface area contributed by atoms with Gasteiger partial charge < -0.3 is 15.1 Å². The number of phenolic OH excluding ortho intramolecular Hbond substituents is 1. The molecular weight excluding hydrogens is 381 g/mol. The van der Waals surface area contributed by atoms with Gasteiger partial charge in [0.15, 0.2) is 0 Å². The molecule has 4 nitrogen and oxygen atoms in total. The normalized spacial score (nSPS) is 18.4. The fourth-order valence-corrected chi connectivity index (χ4v) is 4.27. The minimum atomic E-state index is -0.991. The van der Waals surface area contributed by atoms with Crippen molar-refractivity contribution in [3.05, 3.63) is 101 Å². The quantitative estimate of drug-likeness (QED) is 0.605. The van der Waals surface area contributed by atoms with Gasteiger partial charge in [0.1, 0.15) is 11.6 Å². The summed E-state index contributed by atoms with van der Waals surface area (Å²) in [5, 5.41) is 18.8. The van der Waals surface area contributed by atoms with Crippen LogP contribution in [0.3, 0.4) is 0 Å². The van der Waals surface area contributed by atoms with Crippen LogP contribution < -0.4 is 4.90 Å². The molecule has 3 aromatic carbocycles. The molecule has 1 aliphatic rings. The predicted octanol–water partition coefficient (Wildman–Crippen LogP) is 4.96.